The Morgan fingerprint density at radius 2 is 0.918 bits per heavy atom. The fourth-order valence-corrected chi connectivity index (χ4v) is 8.39. The van der Waals surface area contributed by atoms with E-state index in [1.165, 1.54) is 35.4 Å². The van der Waals surface area contributed by atoms with Crippen LogP contribution in [0.2, 0.25) is 0 Å². The summed E-state index contributed by atoms with van der Waals surface area (Å²) in [5, 5.41) is 3.59. The smallest absolute Gasteiger partial charge is 0.311 e. The van der Waals surface area contributed by atoms with Gasteiger partial charge >= 0.3 is 12.4 Å². The molecule has 0 spiro atoms. The number of benzene rings is 6. The van der Waals surface area contributed by atoms with Crippen LogP contribution < -0.4 is 5.32 Å². The molecule has 6 aromatic carbocycles. The number of rotatable bonds is 10. The molecule has 2 fully saturated rings. The van der Waals surface area contributed by atoms with E-state index in [2.05, 4.69) is 75.6 Å². The molecule has 318 valence electrons. The summed E-state index contributed by atoms with van der Waals surface area (Å²) in [6.45, 7) is 7.43. The van der Waals surface area contributed by atoms with E-state index in [4.69, 9.17) is 0 Å². The Balaban J connectivity index is 0.000000184. The van der Waals surface area contributed by atoms with E-state index >= 15 is 0 Å². The lowest BCUT2D eigenvalue weighted by Crippen LogP contribution is -2.51. The second-order valence-corrected chi connectivity index (χ2v) is 16.1. The number of nitrogens with one attached hydrogen (secondary N) is 1. The van der Waals surface area contributed by atoms with Gasteiger partial charge in [-0.3, -0.25) is 9.80 Å². The predicted octanol–water partition coefficient (Wildman–Crippen LogP) is 11.1. The molecule has 0 amide bonds. The third-order valence-electron chi connectivity index (χ3n) is 11.6. The first kappa shape index (κ1) is 43.8. The lowest BCUT2D eigenvalue weighted by Gasteiger charge is -2.39. The molecule has 2 aliphatic rings. The standard InChI is InChI=1S/C26H27F3N2.C25H25F3N2/c1-30-15-16-31(19-23(30)17-20-7-3-2-4-8-20)18-21-11-13-22(14-12-21)24-9-5-6-10-25(24)26(27,28)29;26-25(27,28)24-9-5-4-8-23(24)21-12-10-20(11-13-21)17-30-15-14-29-22(18-30)16-19-6-2-1-3-7-19/h2-14,23H,15-19H2,1H3;1-13,22,29H,14-18H2. The molecule has 0 aliphatic carbocycles. The highest BCUT2D eigenvalue weighted by molar-refractivity contribution is 5.69. The normalized spacial score (nSPS) is 18.0. The van der Waals surface area contributed by atoms with E-state index in [1.54, 1.807) is 36.4 Å². The average molecular weight is 835 g/mol. The number of piperazine rings is 2. The Labute approximate surface area is 355 Å². The van der Waals surface area contributed by atoms with Crippen molar-refractivity contribution in [3.63, 3.8) is 0 Å². The Morgan fingerprint density at radius 3 is 1.41 bits per heavy atom. The van der Waals surface area contributed by atoms with E-state index in [0.717, 1.165) is 88.5 Å². The molecule has 61 heavy (non-hydrogen) atoms. The van der Waals surface area contributed by atoms with Crippen molar-refractivity contribution in [3.05, 3.63) is 191 Å². The molecule has 4 nitrogen and oxygen atoms in total. The highest BCUT2D eigenvalue weighted by atomic mass is 19.4. The molecule has 0 aromatic heterocycles. The van der Waals surface area contributed by atoms with Crippen molar-refractivity contribution >= 4 is 0 Å². The number of nitrogens with zero attached hydrogens (tertiary/aromatic N) is 3. The van der Waals surface area contributed by atoms with Gasteiger partial charge in [-0.1, -0.05) is 146 Å². The lowest BCUT2D eigenvalue weighted by molar-refractivity contribution is -0.137. The zero-order valence-corrected chi connectivity index (χ0v) is 34.3. The molecular weight excluding hydrogens is 783 g/mol. The zero-order chi connectivity index (χ0) is 42.8. The van der Waals surface area contributed by atoms with Crippen molar-refractivity contribution in [2.45, 2.75) is 50.4 Å². The van der Waals surface area contributed by atoms with E-state index in [9.17, 15) is 26.3 Å². The summed E-state index contributed by atoms with van der Waals surface area (Å²) in [4.78, 5) is 7.26. The van der Waals surface area contributed by atoms with Crippen LogP contribution in [0.1, 0.15) is 33.4 Å². The average Bonchev–Trinajstić information content (AvgIpc) is 3.26. The second kappa shape index (κ2) is 20.1. The molecule has 0 bridgehead atoms. The number of hydrogen-bond donors (Lipinski definition) is 1. The summed E-state index contributed by atoms with van der Waals surface area (Å²) in [5.74, 6) is 0. The van der Waals surface area contributed by atoms with Gasteiger partial charge in [0.2, 0.25) is 0 Å². The van der Waals surface area contributed by atoms with Crippen LogP contribution in [0.15, 0.2) is 158 Å². The fourth-order valence-electron chi connectivity index (χ4n) is 8.39. The third-order valence-corrected chi connectivity index (χ3v) is 11.6. The molecule has 0 saturated carbocycles. The maximum Gasteiger partial charge on any atom is 0.417 e. The second-order valence-electron chi connectivity index (χ2n) is 16.1. The van der Waals surface area contributed by atoms with Crippen molar-refractivity contribution in [2.75, 3.05) is 46.3 Å². The maximum atomic E-state index is 13.3. The minimum absolute atomic E-state index is 0.224. The van der Waals surface area contributed by atoms with E-state index in [0.29, 0.717) is 23.2 Å². The minimum Gasteiger partial charge on any atom is -0.311 e. The first-order chi connectivity index (χ1) is 29.4. The molecule has 6 aromatic rings. The monoisotopic (exact) mass is 834 g/mol. The van der Waals surface area contributed by atoms with Crippen LogP contribution in [0.4, 0.5) is 26.3 Å². The summed E-state index contributed by atoms with van der Waals surface area (Å²) in [6, 6.07) is 48.3. The molecule has 2 saturated heterocycles. The first-order valence-electron chi connectivity index (χ1n) is 20.9. The first-order valence-corrected chi connectivity index (χ1v) is 20.9. The summed E-state index contributed by atoms with van der Waals surface area (Å²) in [6.07, 6.45) is -6.71. The van der Waals surface area contributed by atoms with Crippen LogP contribution >= 0.6 is 0 Å². The Morgan fingerprint density at radius 1 is 0.475 bits per heavy atom. The van der Waals surface area contributed by atoms with Crippen LogP contribution in [-0.2, 0) is 38.3 Å². The Kier molecular flexibility index (Phi) is 14.4. The molecule has 8 rings (SSSR count). The Hall–Kier alpha value is -5.26. The Bertz CT molecular complexity index is 2260. The van der Waals surface area contributed by atoms with Gasteiger partial charge < -0.3 is 10.2 Å². The largest absolute Gasteiger partial charge is 0.417 e. The quantitative estimate of drug-likeness (QED) is 0.139. The molecular formula is C51H52F6N4. The number of alkyl halides is 6. The summed E-state index contributed by atoms with van der Waals surface area (Å²) < 4.78 is 79.9. The van der Waals surface area contributed by atoms with Crippen LogP contribution in [0.5, 0.6) is 0 Å². The van der Waals surface area contributed by atoms with Gasteiger partial charge in [0.05, 0.1) is 11.1 Å². The van der Waals surface area contributed by atoms with Crippen molar-refractivity contribution in [2.24, 2.45) is 0 Å². The van der Waals surface area contributed by atoms with Gasteiger partial charge in [-0.25, -0.2) is 0 Å². The van der Waals surface area contributed by atoms with Gasteiger partial charge in [0.25, 0.3) is 0 Å². The van der Waals surface area contributed by atoms with Crippen molar-refractivity contribution in [1.29, 1.82) is 0 Å². The third kappa shape index (κ3) is 12.2. The minimum atomic E-state index is -4.36. The van der Waals surface area contributed by atoms with Gasteiger partial charge in [-0.05, 0) is 76.5 Å². The fraction of sp³-hybridized carbons (Fsp3) is 0.294. The number of halogens is 6. The van der Waals surface area contributed by atoms with Gasteiger partial charge in [-0.2, -0.15) is 26.3 Å². The van der Waals surface area contributed by atoms with Crippen molar-refractivity contribution < 1.29 is 26.3 Å². The predicted molar refractivity (Wildman–Crippen MR) is 233 cm³/mol. The zero-order valence-electron chi connectivity index (χ0n) is 34.3. The van der Waals surface area contributed by atoms with Gasteiger partial charge in [0, 0.05) is 64.4 Å². The molecule has 2 aliphatic heterocycles. The molecule has 2 unspecified atom stereocenters. The van der Waals surface area contributed by atoms with Crippen LogP contribution in [0.3, 0.4) is 0 Å². The maximum absolute atomic E-state index is 13.3. The summed E-state index contributed by atoms with van der Waals surface area (Å²) in [5.41, 5.74) is 5.35. The molecule has 1 N–H and O–H groups in total. The van der Waals surface area contributed by atoms with Gasteiger partial charge in [0.1, 0.15) is 0 Å². The van der Waals surface area contributed by atoms with Gasteiger partial charge in [-0.15, -0.1) is 0 Å². The van der Waals surface area contributed by atoms with Crippen LogP contribution in [0.25, 0.3) is 22.3 Å². The summed E-state index contributed by atoms with van der Waals surface area (Å²) in [7, 11) is 2.18. The molecule has 0 radical (unpaired) electrons. The van der Waals surface area contributed by atoms with Crippen molar-refractivity contribution in [1.82, 2.24) is 20.0 Å². The number of likely N-dealkylation sites (N-methyl/N-ethyl adjacent to an activating group) is 1. The van der Waals surface area contributed by atoms with E-state index < -0.39 is 23.5 Å². The highest BCUT2D eigenvalue weighted by Gasteiger charge is 2.34. The van der Waals surface area contributed by atoms with Crippen LogP contribution in [-0.4, -0.2) is 73.1 Å². The molecule has 10 heteroatoms. The van der Waals surface area contributed by atoms with Crippen LogP contribution in [0, 0.1) is 0 Å². The van der Waals surface area contributed by atoms with E-state index in [1.807, 2.05) is 36.4 Å². The van der Waals surface area contributed by atoms with E-state index in [-0.39, 0.29) is 11.1 Å². The van der Waals surface area contributed by atoms with Gasteiger partial charge in [0.15, 0.2) is 0 Å². The summed E-state index contributed by atoms with van der Waals surface area (Å²) >= 11 is 0. The lowest BCUT2D eigenvalue weighted by atomic mass is 9.98. The SMILES string of the molecule is CN1CCN(Cc2ccc(-c3ccccc3C(F)(F)F)cc2)CC1Cc1ccccc1.FC(F)(F)c1ccccc1-c1ccc(CN2CCNC(Cc3ccccc3)C2)cc1. The van der Waals surface area contributed by atoms with Crippen molar-refractivity contribution in [3.8, 4) is 22.3 Å². The molecule has 2 atom stereocenters. The number of hydrogen-bond acceptors (Lipinski definition) is 4. The highest BCUT2D eigenvalue weighted by Crippen LogP contribution is 2.38. The molecule has 2 heterocycles. The topological polar surface area (TPSA) is 21.8 Å².